The molecule has 0 unspecified atom stereocenters. The topological polar surface area (TPSA) is 75.4 Å². The molecule has 0 aromatic heterocycles. The van der Waals surface area contributed by atoms with Crippen LogP contribution in [-0.4, -0.2) is 41.9 Å². The highest BCUT2D eigenvalue weighted by atomic mass is 35.5. The van der Waals surface area contributed by atoms with Gasteiger partial charge < -0.3 is 16.0 Å². The van der Waals surface area contributed by atoms with E-state index in [9.17, 15) is 9.59 Å². The van der Waals surface area contributed by atoms with E-state index in [1.807, 2.05) is 35.2 Å². The summed E-state index contributed by atoms with van der Waals surface area (Å²) in [6, 6.07) is 9.61. The third-order valence-electron chi connectivity index (χ3n) is 5.37. The zero-order valence-electron chi connectivity index (χ0n) is 14.5. The fraction of sp³-hybridized carbons (Fsp3) is 0.579. The molecule has 0 spiro atoms. The standard InChI is InChI=1S/C19H27N3O2.ClH/c20-17-8-4-7-15(17)13-18(23)22-11-9-16(10-12-22)21-19(24)14-5-2-1-3-6-14;/h1-3,5-6,15-17H,4,7-13,20H2,(H,21,24);1H/t15-,17+;/m0./s1. The second-order valence-electron chi connectivity index (χ2n) is 7.05. The highest BCUT2D eigenvalue weighted by molar-refractivity contribution is 5.94. The summed E-state index contributed by atoms with van der Waals surface area (Å²) >= 11 is 0. The number of carbonyl (C=O) groups is 2. The molecule has 1 aromatic carbocycles. The number of amides is 2. The summed E-state index contributed by atoms with van der Waals surface area (Å²) in [5.74, 6) is 0.551. The van der Waals surface area contributed by atoms with Crippen LogP contribution in [0.15, 0.2) is 30.3 Å². The summed E-state index contributed by atoms with van der Waals surface area (Å²) in [5, 5.41) is 3.08. The lowest BCUT2D eigenvalue weighted by molar-refractivity contribution is -0.133. The van der Waals surface area contributed by atoms with Crippen LogP contribution in [0.4, 0.5) is 0 Å². The summed E-state index contributed by atoms with van der Waals surface area (Å²) in [4.78, 5) is 26.6. The van der Waals surface area contributed by atoms with Crippen LogP contribution in [0.25, 0.3) is 0 Å². The van der Waals surface area contributed by atoms with Crippen molar-refractivity contribution in [1.82, 2.24) is 10.2 Å². The molecule has 0 bridgehead atoms. The molecule has 3 rings (SSSR count). The third-order valence-corrected chi connectivity index (χ3v) is 5.37. The number of nitrogens with one attached hydrogen (secondary N) is 1. The van der Waals surface area contributed by atoms with Crippen LogP contribution in [0.1, 0.15) is 48.9 Å². The van der Waals surface area contributed by atoms with Crippen LogP contribution >= 0.6 is 12.4 Å². The molecule has 2 atom stereocenters. The summed E-state index contributed by atoms with van der Waals surface area (Å²) < 4.78 is 0. The SMILES string of the molecule is Cl.N[C@@H]1CCC[C@H]1CC(=O)N1CCC(NC(=O)c2ccccc2)CC1. The average molecular weight is 366 g/mol. The lowest BCUT2D eigenvalue weighted by Gasteiger charge is -2.33. The van der Waals surface area contributed by atoms with Gasteiger partial charge in [-0.25, -0.2) is 0 Å². The summed E-state index contributed by atoms with van der Waals surface area (Å²) in [6.07, 6.45) is 5.50. The first-order valence-electron chi connectivity index (χ1n) is 9.03. The van der Waals surface area contributed by atoms with E-state index < -0.39 is 0 Å². The van der Waals surface area contributed by atoms with Crippen molar-refractivity contribution in [3.63, 3.8) is 0 Å². The Balaban J connectivity index is 0.00000225. The Hall–Kier alpha value is -1.59. The monoisotopic (exact) mass is 365 g/mol. The molecule has 138 valence electrons. The van der Waals surface area contributed by atoms with Crippen molar-refractivity contribution in [3.05, 3.63) is 35.9 Å². The molecule has 1 saturated heterocycles. The number of hydrogen-bond acceptors (Lipinski definition) is 3. The predicted octanol–water partition coefficient (Wildman–Crippen LogP) is 2.35. The number of nitrogens with two attached hydrogens (primary N) is 1. The van der Waals surface area contributed by atoms with E-state index in [0.717, 1.165) is 45.2 Å². The van der Waals surface area contributed by atoms with Gasteiger partial charge in [-0.1, -0.05) is 24.6 Å². The second-order valence-corrected chi connectivity index (χ2v) is 7.05. The van der Waals surface area contributed by atoms with Crippen molar-refractivity contribution in [2.75, 3.05) is 13.1 Å². The van der Waals surface area contributed by atoms with E-state index in [2.05, 4.69) is 5.32 Å². The van der Waals surface area contributed by atoms with Crippen molar-refractivity contribution in [1.29, 1.82) is 0 Å². The fourth-order valence-electron chi connectivity index (χ4n) is 3.80. The van der Waals surface area contributed by atoms with Crippen LogP contribution in [0.5, 0.6) is 0 Å². The van der Waals surface area contributed by atoms with Gasteiger partial charge in [0.2, 0.25) is 5.91 Å². The van der Waals surface area contributed by atoms with Gasteiger partial charge in [-0.3, -0.25) is 9.59 Å². The first-order valence-corrected chi connectivity index (χ1v) is 9.03. The molecule has 3 N–H and O–H groups in total. The first-order chi connectivity index (χ1) is 11.6. The van der Waals surface area contributed by atoms with Crippen LogP contribution in [0.3, 0.4) is 0 Å². The minimum absolute atomic E-state index is 0. The number of halogens is 1. The largest absolute Gasteiger partial charge is 0.349 e. The van der Waals surface area contributed by atoms with E-state index in [4.69, 9.17) is 5.73 Å². The second kappa shape index (κ2) is 9.20. The number of carbonyl (C=O) groups excluding carboxylic acids is 2. The van der Waals surface area contributed by atoms with E-state index in [-0.39, 0.29) is 36.3 Å². The highest BCUT2D eigenvalue weighted by Gasteiger charge is 2.30. The highest BCUT2D eigenvalue weighted by Crippen LogP contribution is 2.27. The van der Waals surface area contributed by atoms with E-state index in [0.29, 0.717) is 17.9 Å². The summed E-state index contributed by atoms with van der Waals surface area (Å²) in [6.45, 7) is 1.45. The maximum Gasteiger partial charge on any atom is 0.251 e. The van der Waals surface area contributed by atoms with Crippen LogP contribution in [0.2, 0.25) is 0 Å². The molecule has 1 aromatic rings. The summed E-state index contributed by atoms with van der Waals surface area (Å²) in [7, 11) is 0. The fourth-order valence-corrected chi connectivity index (χ4v) is 3.80. The minimum atomic E-state index is -0.0303. The molecule has 1 aliphatic heterocycles. The van der Waals surface area contributed by atoms with Gasteiger partial charge in [-0.05, 0) is 43.7 Å². The first kappa shape index (κ1) is 19.7. The molecule has 0 radical (unpaired) electrons. The Morgan fingerprint density at radius 1 is 1.08 bits per heavy atom. The normalized spacial score (nSPS) is 23.8. The van der Waals surface area contributed by atoms with Gasteiger partial charge in [-0.15, -0.1) is 12.4 Å². The molecule has 1 saturated carbocycles. The number of hydrogen-bond donors (Lipinski definition) is 2. The van der Waals surface area contributed by atoms with E-state index in [1.54, 1.807) is 0 Å². The lowest BCUT2D eigenvalue weighted by Crippen LogP contribution is -2.47. The molecule has 2 amide bonds. The molecule has 1 aliphatic carbocycles. The Kier molecular flexibility index (Phi) is 7.26. The average Bonchev–Trinajstić information content (AvgIpc) is 3.01. The van der Waals surface area contributed by atoms with Crippen molar-refractivity contribution >= 4 is 24.2 Å². The van der Waals surface area contributed by atoms with Crippen molar-refractivity contribution in [2.24, 2.45) is 11.7 Å². The van der Waals surface area contributed by atoms with Crippen LogP contribution in [0, 0.1) is 5.92 Å². The Morgan fingerprint density at radius 2 is 1.76 bits per heavy atom. The number of nitrogens with zero attached hydrogens (tertiary/aromatic N) is 1. The van der Waals surface area contributed by atoms with E-state index >= 15 is 0 Å². The number of piperidine rings is 1. The third kappa shape index (κ3) is 5.19. The van der Waals surface area contributed by atoms with Gasteiger partial charge in [0.25, 0.3) is 5.91 Å². The van der Waals surface area contributed by atoms with Gasteiger partial charge >= 0.3 is 0 Å². The molecule has 5 nitrogen and oxygen atoms in total. The Labute approximate surface area is 155 Å². The smallest absolute Gasteiger partial charge is 0.251 e. The quantitative estimate of drug-likeness (QED) is 0.859. The van der Waals surface area contributed by atoms with E-state index in [1.165, 1.54) is 0 Å². The molecule has 1 heterocycles. The van der Waals surface area contributed by atoms with Crippen molar-refractivity contribution in [2.45, 2.75) is 50.6 Å². The number of likely N-dealkylation sites (tertiary alicyclic amines) is 1. The molecule has 2 fully saturated rings. The van der Waals surface area contributed by atoms with Gasteiger partial charge in [0.1, 0.15) is 0 Å². The molecule has 2 aliphatic rings. The van der Waals surface area contributed by atoms with Gasteiger partial charge in [0.05, 0.1) is 0 Å². The van der Waals surface area contributed by atoms with Crippen LogP contribution < -0.4 is 11.1 Å². The molecule has 6 heteroatoms. The van der Waals surface area contributed by atoms with Crippen molar-refractivity contribution in [3.8, 4) is 0 Å². The van der Waals surface area contributed by atoms with Crippen molar-refractivity contribution < 1.29 is 9.59 Å². The van der Waals surface area contributed by atoms with Crippen LogP contribution in [-0.2, 0) is 4.79 Å². The van der Waals surface area contributed by atoms with Gasteiger partial charge in [0.15, 0.2) is 0 Å². The zero-order chi connectivity index (χ0) is 16.9. The van der Waals surface area contributed by atoms with Gasteiger partial charge in [0, 0.05) is 37.2 Å². The zero-order valence-corrected chi connectivity index (χ0v) is 15.3. The van der Waals surface area contributed by atoms with Gasteiger partial charge in [-0.2, -0.15) is 0 Å². The minimum Gasteiger partial charge on any atom is -0.349 e. The molecule has 25 heavy (non-hydrogen) atoms. The molecular weight excluding hydrogens is 338 g/mol. The number of rotatable bonds is 4. The Bertz CT molecular complexity index is 573. The lowest BCUT2D eigenvalue weighted by atomic mass is 9.98. The Morgan fingerprint density at radius 3 is 2.36 bits per heavy atom. The maximum absolute atomic E-state index is 12.4. The number of benzene rings is 1. The molecular formula is C19H28ClN3O2. The summed E-state index contributed by atoms with van der Waals surface area (Å²) in [5.41, 5.74) is 6.76. The maximum atomic E-state index is 12.4. The predicted molar refractivity (Wildman–Crippen MR) is 101 cm³/mol.